The van der Waals surface area contributed by atoms with Gasteiger partial charge in [-0.1, -0.05) is 30.3 Å². The van der Waals surface area contributed by atoms with Crippen molar-refractivity contribution in [2.45, 2.75) is 18.9 Å². The molecule has 0 radical (unpaired) electrons. The first kappa shape index (κ1) is 17.1. The number of benzene rings is 2. The van der Waals surface area contributed by atoms with Crippen LogP contribution in [0.5, 0.6) is 0 Å². The van der Waals surface area contributed by atoms with Crippen molar-refractivity contribution in [2.24, 2.45) is 0 Å². The van der Waals surface area contributed by atoms with Crippen LogP contribution in [-0.2, 0) is 4.79 Å². The van der Waals surface area contributed by atoms with E-state index in [0.29, 0.717) is 12.1 Å². The molecule has 122 valence electrons. The van der Waals surface area contributed by atoms with Crippen molar-refractivity contribution in [3.63, 3.8) is 0 Å². The molecule has 0 saturated heterocycles. The highest BCUT2D eigenvalue weighted by Crippen LogP contribution is 2.18. The lowest BCUT2D eigenvalue weighted by Crippen LogP contribution is -2.31. The molecule has 0 heterocycles. The first-order valence-corrected chi connectivity index (χ1v) is 7.63. The molecular formula is C18H21FN2O2. The molecule has 0 fully saturated rings. The van der Waals surface area contributed by atoms with Crippen molar-refractivity contribution in [2.75, 3.05) is 18.5 Å². The number of carbonyl (C=O) groups is 1. The van der Waals surface area contributed by atoms with E-state index >= 15 is 0 Å². The lowest BCUT2D eigenvalue weighted by atomic mass is 10.0. The summed E-state index contributed by atoms with van der Waals surface area (Å²) in [5.74, 6) is -0.532. The number of aliphatic hydroxyl groups is 1. The molecule has 0 aliphatic carbocycles. The Kier molecular flexibility index (Phi) is 6.72. The van der Waals surface area contributed by atoms with Gasteiger partial charge < -0.3 is 15.7 Å². The van der Waals surface area contributed by atoms with Gasteiger partial charge in [-0.3, -0.25) is 4.79 Å². The van der Waals surface area contributed by atoms with Crippen molar-refractivity contribution in [1.29, 1.82) is 0 Å². The first-order chi connectivity index (χ1) is 11.2. The molecule has 0 aliphatic rings. The summed E-state index contributed by atoms with van der Waals surface area (Å²) in [5.41, 5.74) is 1.64. The Morgan fingerprint density at radius 2 is 1.78 bits per heavy atom. The molecule has 4 nitrogen and oxygen atoms in total. The number of nitrogens with one attached hydrogen (secondary N) is 2. The minimum atomic E-state index is -0.339. The SMILES string of the molecule is O=C(CNC(CCCO)c1ccccc1)Nc1ccc(F)cc1. The fourth-order valence-corrected chi connectivity index (χ4v) is 2.32. The highest BCUT2D eigenvalue weighted by atomic mass is 19.1. The number of hydrogen-bond donors (Lipinski definition) is 3. The Bertz CT molecular complexity index is 602. The number of anilines is 1. The number of amides is 1. The van der Waals surface area contributed by atoms with Gasteiger partial charge in [-0.25, -0.2) is 4.39 Å². The molecule has 1 amide bonds. The number of aliphatic hydroxyl groups excluding tert-OH is 1. The second kappa shape index (κ2) is 9.02. The van der Waals surface area contributed by atoms with E-state index in [4.69, 9.17) is 5.11 Å². The Labute approximate surface area is 135 Å². The van der Waals surface area contributed by atoms with Gasteiger partial charge in [0.25, 0.3) is 0 Å². The lowest BCUT2D eigenvalue weighted by molar-refractivity contribution is -0.115. The van der Waals surface area contributed by atoms with E-state index in [9.17, 15) is 9.18 Å². The third-order valence-corrected chi connectivity index (χ3v) is 3.49. The van der Waals surface area contributed by atoms with Crippen molar-refractivity contribution in [1.82, 2.24) is 5.32 Å². The zero-order chi connectivity index (χ0) is 16.5. The summed E-state index contributed by atoms with van der Waals surface area (Å²) in [6.07, 6.45) is 1.40. The van der Waals surface area contributed by atoms with Gasteiger partial charge in [0.1, 0.15) is 5.82 Å². The summed E-state index contributed by atoms with van der Waals surface area (Å²) >= 11 is 0. The van der Waals surface area contributed by atoms with E-state index in [1.165, 1.54) is 24.3 Å². The van der Waals surface area contributed by atoms with Gasteiger partial charge >= 0.3 is 0 Å². The van der Waals surface area contributed by atoms with Crippen LogP contribution >= 0.6 is 0 Å². The second-order valence-electron chi connectivity index (χ2n) is 5.27. The highest BCUT2D eigenvalue weighted by molar-refractivity contribution is 5.92. The third-order valence-electron chi connectivity index (χ3n) is 3.49. The Morgan fingerprint density at radius 1 is 1.09 bits per heavy atom. The van der Waals surface area contributed by atoms with Gasteiger partial charge in [0.05, 0.1) is 6.54 Å². The second-order valence-corrected chi connectivity index (χ2v) is 5.27. The van der Waals surface area contributed by atoms with Crippen molar-refractivity contribution < 1.29 is 14.3 Å². The van der Waals surface area contributed by atoms with Crippen LogP contribution < -0.4 is 10.6 Å². The molecule has 5 heteroatoms. The molecule has 23 heavy (non-hydrogen) atoms. The van der Waals surface area contributed by atoms with Crippen molar-refractivity contribution in [3.05, 3.63) is 66.0 Å². The largest absolute Gasteiger partial charge is 0.396 e. The summed E-state index contributed by atoms with van der Waals surface area (Å²) in [4.78, 5) is 12.0. The zero-order valence-corrected chi connectivity index (χ0v) is 12.8. The lowest BCUT2D eigenvalue weighted by Gasteiger charge is -2.18. The average molecular weight is 316 g/mol. The molecule has 1 atom stereocenters. The standard InChI is InChI=1S/C18H21FN2O2/c19-15-8-10-16(11-9-15)21-18(23)13-20-17(7-4-12-22)14-5-2-1-3-6-14/h1-3,5-6,8-11,17,20,22H,4,7,12-13H2,(H,21,23). The van der Waals surface area contributed by atoms with Gasteiger partial charge in [0, 0.05) is 18.3 Å². The molecule has 2 aromatic rings. The molecule has 2 rings (SSSR count). The van der Waals surface area contributed by atoms with Crippen LogP contribution in [0.25, 0.3) is 0 Å². The molecule has 0 saturated carbocycles. The molecule has 2 aromatic carbocycles. The monoisotopic (exact) mass is 316 g/mol. The third kappa shape index (κ3) is 5.81. The van der Waals surface area contributed by atoms with E-state index < -0.39 is 0 Å². The molecule has 0 spiro atoms. The van der Waals surface area contributed by atoms with E-state index in [1.807, 2.05) is 30.3 Å². The molecular weight excluding hydrogens is 295 g/mol. The fourth-order valence-electron chi connectivity index (χ4n) is 2.32. The summed E-state index contributed by atoms with van der Waals surface area (Å²) in [7, 11) is 0. The maximum absolute atomic E-state index is 12.8. The topological polar surface area (TPSA) is 61.4 Å². The van der Waals surface area contributed by atoms with Gasteiger partial charge in [0.2, 0.25) is 5.91 Å². The summed E-state index contributed by atoms with van der Waals surface area (Å²) in [5, 5.41) is 14.9. The first-order valence-electron chi connectivity index (χ1n) is 7.63. The van der Waals surface area contributed by atoms with Gasteiger partial charge in [-0.2, -0.15) is 0 Å². The highest BCUT2D eigenvalue weighted by Gasteiger charge is 2.12. The Balaban J connectivity index is 1.89. The predicted molar refractivity (Wildman–Crippen MR) is 88.5 cm³/mol. The maximum Gasteiger partial charge on any atom is 0.238 e. The van der Waals surface area contributed by atoms with E-state index in [2.05, 4.69) is 10.6 Å². The Morgan fingerprint density at radius 3 is 2.43 bits per heavy atom. The van der Waals surface area contributed by atoms with Crippen molar-refractivity contribution in [3.8, 4) is 0 Å². The minimum absolute atomic E-state index is 0.00215. The molecule has 0 bridgehead atoms. The van der Waals surface area contributed by atoms with Crippen LogP contribution in [0.15, 0.2) is 54.6 Å². The van der Waals surface area contributed by atoms with Gasteiger partial charge in [-0.15, -0.1) is 0 Å². The zero-order valence-electron chi connectivity index (χ0n) is 12.8. The normalized spacial score (nSPS) is 11.9. The van der Waals surface area contributed by atoms with Crippen LogP contribution in [0.2, 0.25) is 0 Å². The smallest absolute Gasteiger partial charge is 0.238 e. The van der Waals surface area contributed by atoms with Gasteiger partial charge in [0.15, 0.2) is 0 Å². The quantitative estimate of drug-likeness (QED) is 0.702. The minimum Gasteiger partial charge on any atom is -0.396 e. The average Bonchev–Trinajstić information content (AvgIpc) is 2.58. The molecule has 0 aromatic heterocycles. The van der Waals surface area contributed by atoms with E-state index in [1.54, 1.807) is 0 Å². The molecule has 3 N–H and O–H groups in total. The maximum atomic E-state index is 12.8. The number of hydrogen-bond acceptors (Lipinski definition) is 3. The van der Waals surface area contributed by atoms with Crippen LogP contribution in [0.3, 0.4) is 0 Å². The molecule has 1 unspecified atom stereocenters. The predicted octanol–water partition coefficient (Wildman–Crippen LogP) is 2.87. The van der Waals surface area contributed by atoms with E-state index in [-0.39, 0.29) is 30.9 Å². The van der Waals surface area contributed by atoms with Gasteiger partial charge in [-0.05, 0) is 42.7 Å². The number of halogens is 1. The fraction of sp³-hybridized carbons (Fsp3) is 0.278. The number of rotatable bonds is 8. The van der Waals surface area contributed by atoms with Crippen LogP contribution in [-0.4, -0.2) is 24.2 Å². The van der Waals surface area contributed by atoms with Crippen molar-refractivity contribution >= 4 is 11.6 Å². The number of carbonyl (C=O) groups excluding carboxylic acids is 1. The van der Waals surface area contributed by atoms with Crippen LogP contribution in [0.4, 0.5) is 10.1 Å². The summed E-state index contributed by atoms with van der Waals surface area (Å²) in [6.45, 7) is 0.259. The van der Waals surface area contributed by atoms with Crippen LogP contribution in [0, 0.1) is 5.82 Å². The summed E-state index contributed by atoms with van der Waals surface area (Å²) < 4.78 is 12.8. The summed E-state index contributed by atoms with van der Waals surface area (Å²) in [6, 6.07) is 15.5. The van der Waals surface area contributed by atoms with Crippen LogP contribution in [0.1, 0.15) is 24.4 Å². The van der Waals surface area contributed by atoms with E-state index in [0.717, 1.165) is 12.0 Å². The Hall–Kier alpha value is -2.24. The molecule has 0 aliphatic heterocycles.